The van der Waals surface area contributed by atoms with Gasteiger partial charge in [0.2, 0.25) is 10.0 Å². The van der Waals surface area contributed by atoms with Crippen LogP contribution in [0.3, 0.4) is 0 Å². The van der Waals surface area contributed by atoms with Crippen LogP contribution in [0.1, 0.15) is 31.9 Å². The van der Waals surface area contributed by atoms with Gasteiger partial charge in [0.15, 0.2) is 0 Å². The number of ether oxygens (including phenoxy) is 1. The molecule has 0 radical (unpaired) electrons. The molecule has 0 saturated heterocycles. The number of carbonyl (C=O) groups is 1. The maximum atomic E-state index is 12.2. The molecule has 0 aliphatic carbocycles. The highest BCUT2D eigenvalue weighted by Crippen LogP contribution is 2.28. The lowest BCUT2D eigenvalue weighted by atomic mass is 10.1. The number of phenols is 1. The summed E-state index contributed by atoms with van der Waals surface area (Å²) in [6, 6.07) is 6.03. The Morgan fingerprint density at radius 1 is 1.38 bits per heavy atom. The molecule has 0 fully saturated rings. The summed E-state index contributed by atoms with van der Waals surface area (Å²) in [4.78, 5) is 11.3. The molecule has 6 nitrogen and oxygen atoms in total. The first-order valence-electron chi connectivity index (χ1n) is 6.68. The van der Waals surface area contributed by atoms with Crippen LogP contribution in [-0.2, 0) is 19.6 Å². The first-order chi connectivity index (χ1) is 9.79. The molecule has 7 heteroatoms. The Hall–Kier alpha value is -1.60. The molecule has 0 aliphatic rings. The van der Waals surface area contributed by atoms with E-state index in [2.05, 4.69) is 0 Å². The summed E-state index contributed by atoms with van der Waals surface area (Å²) in [6.45, 7) is 3.57. The Morgan fingerprint density at radius 3 is 2.57 bits per heavy atom. The number of carbonyl (C=O) groups excluding carboxylic acids is 1. The van der Waals surface area contributed by atoms with Gasteiger partial charge in [-0.1, -0.05) is 18.2 Å². The third-order valence-electron chi connectivity index (χ3n) is 3.24. The van der Waals surface area contributed by atoms with E-state index in [9.17, 15) is 18.3 Å². The molecule has 1 aromatic carbocycles. The third kappa shape index (κ3) is 4.71. The third-order valence-corrected chi connectivity index (χ3v) is 5.15. The highest BCUT2D eigenvalue weighted by molar-refractivity contribution is 7.89. The average molecular weight is 315 g/mol. The van der Waals surface area contributed by atoms with E-state index < -0.39 is 22.0 Å². The standard InChI is InChI=1S/C14H21NO5S/c1-4-20-14(17)9-10-21(18,19)15(3)11(2)12-7-5-6-8-13(12)16/h5-8,11,16H,4,9-10H2,1-3H3. The van der Waals surface area contributed by atoms with Crippen LogP contribution in [-0.4, -0.2) is 43.2 Å². The number of hydrogen-bond donors (Lipinski definition) is 1. The highest BCUT2D eigenvalue weighted by atomic mass is 32.2. The van der Waals surface area contributed by atoms with Crippen LogP contribution in [0, 0.1) is 0 Å². The van der Waals surface area contributed by atoms with Gasteiger partial charge in [0.05, 0.1) is 24.8 Å². The van der Waals surface area contributed by atoms with Gasteiger partial charge in [-0.05, 0) is 19.9 Å². The zero-order valence-electron chi connectivity index (χ0n) is 12.4. The summed E-state index contributed by atoms with van der Waals surface area (Å²) in [5.74, 6) is -0.817. The van der Waals surface area contributed by atoms with Crippen LogP contribution in [0.25, 0.3) is 0 Å². The van der Waals surface area contributed by atoms with Gasteiger partial charge in [0.1, 0.15) is 5.75 Å². The van der Waals surface area contributed by atoms with Crippen molar-refractivity contribution in [3.63, 3.8) is 0 Å². The molecular weight excluding hydrogens is 294 g/mol. The van der Waals surface area contributed by atoms with Crippen molar-refractivity contribution in [3.05, 3.63) is 29.8 Å². The summed E-state index contributed by atoms with van der Waals surface area (Å²) < 4.78 is 30.3. The van der Waals surface area contributed by atoms with Crippen molar-refractivity contribution >= 4 is 16.0 Å². The SMILES string of the molecule is CCOC(=O)CCS(=O)(=O)N(C)C(C)c1ccccc1O. The van der Waals surface area contributed by atoms with Crippen molar-refractivity contribution < 1.29 is 23.1 Å². The fourth-order valence-electron chi connectivity index (χ4n) is 1.87. The van der Waals surface area contributed by atoms with Crippen molar-refractivity contribution in [1.82, 2.24) is 4.31 Å². The lowest BCUT2D eigenvalue weighted by Crippen LogP contribution is -2.32. The molecule has 1 rings (SSSR count). The Morgan fingerprint density at radius 2 is 2.00 bits per heavy atom. The Balaban J connectivity index is 2.79. The first-order valence-corrected chi connectivity index (χ1v) is 8.29. The molecular formula is C14H21NO5S. The van der Waals surface area contributed by atoms with Gasteiger partial charge in [-0.25, -0.2) is 8.42 Å². The van der Waals surface area contributed by atoms with E-state index in [1.54, 1.807) is 32.0 Å². The first kappa shape index (κ1) is 17.5. The zero-order valence-corrected chi connectivity index (χ0v) is 13.3. The minimum atomic E-state index is -3.62. The molecule has 1 N–H and O–H groups in total. The minimum Gasteiger partial charge on any atom is -0.508 e. The predicted molar refractivity (Wildman–Crippen MR) is 79.3 cm³/mol. The number of para-hydroxylation sites is 1. The Kier molecular flexibility index (Phi) is 6.17. The predicted octanol–water partition coefficient (Wildman–Crippen LogP) is 1.67. The molecule has 0 aromatic heterocycles. The molecule has 0 saturated carbocycles. The molecule has 0 spiro atoms. The molecule has 1 aromatic rings. The van der Waals surface area contributed by atoms with Crippen molar-refractivity contribution in [1.29, 1.82) is 0 Å². The van der Waals surface area contributed by atoms with Gasteiger partial charge in [-0.2, -0.15) is 4.31 Å². The number of hydrogen-bond acceptors (Lipinski definition) is 5. The molecule has 21 heavy (non-hydrogen) atoms. The van der Waals surface area contributed by atoms with Crippen LogP contribution >= 0.6 is 0 Å². The maximum absolute atomic E-state index is 12.2. The van der Waals surface area contributed by atoms with Crippen LogP contribution in [0.5, 0.6) is 5.75 Å². The van der Waals surface area contributed by atoms with Gasteiger partial charge in [-0.15, -0.1) is 0 Å². The van der Waals surface area contributed by atoms with E-state index >= 15 is 0 Å². The number of rotatable bonds is 7. The fourth-order valence-corrected chi connectivity index (χ4v) is 3.18. The van der Waals surface area contributed by atoms with Crippen molar-refractivity contribution in [2.45, 2.75) is 26.3 Å². The average Bonchev–Trinajstić information content (AvgIpc) is 2.44. The zero-order chi connectivity index (χ0) is 16.0. The van der Waals surface area contributed by atoms with Gasteiger partial charge >= 0.3 is 5.97 Å². The maximum Gasteiger partial charge on any atom is 0.306 e. The number of phenolic OH excluding ortho intramolecular Hbond substituents is 1. The second-order valence-corrected chi connectivity index (χ2v) is 6.77. The molecule has 0 amide bonds. The summed E-state index contributed by atoms with van der Waals surface area (Å²) in [6.07, 6.45) is -0.187. The van der Waals surface area contributed by atoms with Gasteiger partial charge in [-0.3, -0.25) is 4.79 Å². The van der Waals surface area contributed by atoms with Gasteiger partial charge in [0, 0.05) is 12.6 Å². The number of aromatic hydroxyl groups is 1. The number of sulfonamides is 1. The van der Waals surface area contributed by atoms with Crippen molar-refractivity contribution in [3.8, 4) is 5.75 Å². The lowest BCUT2D eigenvalue weighted by molar-refractivity contribution is -0.142. The Bertz CT molecular complexity index is 585. The number of benzene rings is 1. The van der Waals surface area contributed by atoms with Crippen LogP contribution in [0.4, 0.5) is 0 Å². The second-order valence-electron chi connectivity index (χ2n) is 4.62. The van der Waals surface area contributed by atoms with Crippen molar-refractivity contribution in [2.24, 2.45) is 0 Å². The largest absolute Gasteiger partial charge is 0.508 e. The number of esters is 1. The molecule has 0 heterocycles. The minimum absolute atomic E-state index is 0.0393. The van der Waals surface area contributed by atoms with E-state index in [4.69, 9.17) is 4.74 Å². The molecule has 1 atom stereocenters. The monoisotopic (exact) mass is 315 g/mol. The van der Waals surface area contributed by atoms with Crippen LogP contribution in [0.2, 0.25) is 0 Å². The smallest absolute Gasteiger partial charge is 0.306 e. The van der Waals surface area contributed by atoms with Gasteiger partial charge in [0.25, 0.3) is 0 Å². The summed E-state index contributed by atoms with van der Waals surface area (Å²) in [5, 5.41) is 9.79. The second kappa shape index (κ2) is 7.42. The topological polar surface area (TPSA) is 83.9 Å². The number of nitrogens with zero attached hydrogens (tertiary/aromatic N) is 1. The molecule has 1 unspecified atom stereocenters. The summed E-state index contributed by atoms with van der Waals surface area (Å²) in [5.41, 5.74) is 0.514. The van der Waals surface area contributed by atoms with Crippen molar-refractivity contribution in [2.75, 3.05) is 19.4 Å². The van der Waals surface area contributed by atoms with Crippen LogP contribution < -0.4 is 0 Å². The summed E-state index contributed by atoms with van der Waals surface area (Å²) in [7, 11) is -2.19. The van der Waals surface area contributed by atoms with E-state index in [-0.39, 0.29) is 24.5 Å². The molecule has 118 valence electrons. The lowest BCUT2D eigenvalue weighted by Gasteiger charge is -2.25. The quantitative estimate of drug-likeness (QED) is 0.774. The highest BCUT2D eigenvalue weighted by Gasteiger charge is 2.26. The molecule has 0 aliphatic heterocycles. The molecule has 0 bridgehead atoms. The van der Waals surface area contributed by atoms with Crippen LogP contribution in [0.15, 0.2) is 24.3 Å². The van der Waals surface area contributed by atoms with E-state index in [1.165, 1.54) is 13.1 Å². The summed E-state index contributed by atoms with van der Waals surface area (Å²) >= 11 is 0. The normalized spacial score (nSPS) is 13.1. The fraction of sp³-hybridized carbons (Fsp3) is 0.500. The van der Waals surface area contributed by atoms with E-state index in [1.807, 2.05) is 0 Å². The van der Waals surface area contributed by atoms with E-state index in [0.717, 1.165) is 4.31 Å². The Labute approximate surface area is 125 Å². The van der Waals surface area contributed by atoms with Gasteiger partial charge < -0.3 is 9.84 Å². The van der Waals surface area contributed by atoms with E-state index in [0.29, 0.717) is 5.56 Å².